The second kappa shape index (κ2) is 14.8. The summed E-state index contributed by atoms with van der Waals surface area (Å²) in [5.41, 5.74) is 6.89. The van der Waals surface area contributed by atoms with E-state index in [0.29, 0.717) is 19.6 Å². The molecule has 2 N–H and O–H groups in total. The predicted molar refractivity (Wildman–Crippen MR) is 177 cm³/mol. The van der Waals surface area contributed by atoms with Gasteiger partial charge in [-0.15, -0.1) is 0 Å². The molecule has 0 bridgehead atoms. The van der Waals surface area contributed by atoms with E-state index in [1.165, 1.54) is 0 Å². The number of aromatic nitrogens is 4. The molecular formula is C33H31F3N6O6S. The van der Waals surface area contributed by atoms with Crippen LogP contribution in [0.4, 0.5) is 18.9 Å². The van der Waals surface area contributed by atoms with Crippen LogP contribution in [0, 0.1) is 0 Å². The summed E-state index contributed by atoms with van der Waals surface area (Å²) in [7, 11) is -3.58. The summed E-state index contributed by atoms with van der Waals surface area (Å²) in [6.07, 6.45) is 2.08. The molecule has 1 aliphatic heterocycles. The Morgan fingerprint density at radius 2 is 1.67 bits per heavy atom. The van der Waals surface area contributed by atoms with Crippen molar-refractivity contribution in [2.45, 2.75) is 19.0 Å². The van der Waals surface area contributed by atoms with E-state index in [1.807, 2.05) is 82.1 Å². The number of halogens is 3. The van der Waals surface area contributed by atoms with Gasteiger partial charge in [0, 0.05) is 30.5 Å². The molecular weight excluding hydrogens is 665 g/mol. The zero-order chi connectivity index (χ0) is 35.2. The Morgan fingerprint density at radius 1 is 0.980 bits per heavy atom. The molecule has 0 saturated carbocycles. The average Bonchev–Trinajstić information content (AvgIpc) is 3.44. The first kappa shape index (κ1) is 35.0. The number of aryl methyl sites for hydroxylation is 1. The maximum atomic E-state index is 12.0. The summed E-state index contributed by atoms with van der Waals surface area (Å²) in [6, 6.07) is 21.9. The minimum Gasteiger partial charge on any atom is -0.475 e. The number of sulfonamides is 1. The van der Waals surface area contributed by atoms with Crippen molar-refractivity contribution in [3.63, 3.8) is 0 Å². The van der Waals surface area contributed by atoms with Crippen molar-refractivity contribution in [1.82, 2.24) is 24.3 Å². The van der Waals surface area contributed by atoms with Crippen LogP contribution in [0.15, 0.2) is 72.9 Å². The van der Waals surface area contributed by atoms with E-state index >= 15 is 0 Å². The summed E-state index contributed by atoms with van der Waals surface area (Å²) < 4.78 is 63.8. The number of pyridine rings is 1. The Balaban J connectivity index is 0.000000606. The van der Waals surface area contributed by atoms with Crippen LogP contribution in [0.2, 0.25) is 0 Å². The number of morpholine rings is 1. The van der Waals surface area contributed by atoms with E-state index in [4.69, 9.17) is 24.6 Å². The first-order valence-electron chi connectivity index (χ1n) is 14.9. The lowest BCUT2D eigenvalue weighted by Gasteiger charge is -2.28. The van der Waals surface area contributed by atoms with Crippen molar-refractivity contribution >= 4 is 56.3 Å². The van der Waals surface area contributed by atoms with Gasteiger partial charge < -0.3 is 14.7 Å². The normalized spacial score (nSPS) is 13.8. The van der Waals surface area contributed by atoms with Gasteiger partial charge in [0.2, 0.25) is 15.9 Å². The summed E-state index contributed by atoms with van der Waals surface area (Å²) >= 11 is 0. The number of benzene rings is 2. The highest BCUT2D eigenvalue weighted by atomic mass is 32.2. The number of amides is 1. The zero-order valence-electron chi connectivity index (χ0n) is 26.1. The Morgan fingerprint density at radius 3 is 2.35 bits per heavy atom. The molecule has 5 aromatic rings. The average molecular weight is 697 g/mol. The van der Waals surface area contributed by atoms with Gasteiger partial charge in [0.1, 0.15) is 5.69 Å². The SMILES string of the molecule is CS(=O)(=O)NC(=O)CCc1ccc(-c2c(C=Cc3ccc4ccccc4n3)nc3c(N4CCOCC4)ccnn23)cc1.O=C(O)C(F)(F)F. The molecule has 6 rings (SSSR count). The Labute approximate surface area is 278 Å². The third-order valence-corrected chi connectivity index (χ3v) is 7.92. The van der Waals surface area contributed by atoms with Crippen molar-refractivity contribution in [2.24, 2.45) is 0 Å². The topological polar surface area (TPSA) is 156 Å². The number of nitrogens with one attached hydrogen (secondary N) is 1. The van der Waals surface area contributed by atoms with Gasteiger partial charge in [-0.1, -0.05) is 48.5 Å². The molecule has 12 nitrogen and oxygen atoms in total. The van der Waals surface area contributed by atoms with Crippen molar-refractivity contribution < 1.29 is 41.0 Å². The monoisotopic (exact) mass is 696 g/mol. The lowest BCUT2D eigenvalue weighted by Crippen LogP contribution is -2.36. The van der Waals surface area contributed by atoms with Gasteiger partial charge in [0.15, 0.2) is 5.65 Å². The Hall–Kier alpha value is -5.35. The minimum absolute atomic E-state index is 0.0687. The highest BCUT2D eigenvalue weighted by Crippen LogP contribution is 2.31. The van der Waals surface area contributed by atoms with E-state index < -0.39 is 28.1 Å². The number of aliphatic carboxylic acids is 1. The summed E-state index contributed by atoms with van der Waals surface area (Å²) in [4.78, 5) is 33.0. The van der Waals surface area contributed by atoms with Gasteiger partial charge >= 0.3 is 12.1 Å². The Bertz CT molecular complexity index is 2110. The number of imidazole rings is 1. The van der Waals surface area contributed by atoms with E-state index in [2.05, 4.69) is 16.1 Å². The Kier molecular flexibility index (Phi) is 10.6. The number of anilines is 1. The molecule has 16 heteroatoms. The summed E-state index contributed by atoms with van der Waals surface area (Å²) in [5.74, 6) is -3.29. The molecule has 0 unspecified atom stereocenters. The van der Waals surface area contributed by atoms with Crippen LogP contribution in [0.3, 0.4) is 0 Å². The molecule has 4 heterocycles. The van der Waals surface area contributed by atoms with Crippen LogP contribution in [-0.4, -0.2) is 83.7 Å². The van der Waals surface area contributed by atoms with Gasteiger partial charge in [-0.25, -0.2) is 27.7 Å². The fourth-order valence-corrected chi connectivity index (χ4v) is 5.59. The van der Waals surface area contributed by atoms with Crippen molar-refractivity contribution in [3.8, 4) is 11.3 Å². The molecule has 1 amide bonds. The van der Waals surface area contributed by atoms with E-state index in [9.17, 15) is 26.4 Å². The second-order valence-electron chi connectivity index (χ2n) is 11.0. The first-order valence-corrected chi connectivity index (χ1v) is 16.8. The van der Waals surface area contributed by atoms with Crippen LogP contribution in [0.5, 0.6) is 0 Å². The van der Waals surface area contributed by atoms with Gasteiger partial charge in [-0.05, 0) is 42.3 Å². The van der Waals surface area contributed by atoms with Crippen LogP contribution in [-0.2, 0) is 30.8 Å². The van der Waals surface area contributed by atoms with Crippen molar-refractivity contribution in [1.29, 1.82) is 0 Å². The number of carbonyl (C=O) groups is 2. The number of carboxylic acid groups (broad SMARTS) is 1. The van der Waals surface area contributed by atoms with Gasteiger partial charge in [0.05, 0.1) is 48.3 Å². The predicted octanol–water partition coefficient (Wildman–Crippen LogP) is 4.59. The van der Waals surface area contributed by atoms with E-state index in [0.717, 1.165) is 69.8 Å². The molecule has 0 radical (unpaired) electrons. The summed E-state index contributed by atoms with van der Waals surface area (Å²) in [6.45, 7) is 2.86. The van der Waals surface area contributed by atoms with Gasteiger partial charge in [-0.3, -0.25) is 9.52 Å². The van der Waals surface area contributed by atoms with Crippen molar-refractivity contribution in [2.75, 3.05) is 37.5 Å². The number of carbonyl (C=O) groups excluding carboxylic acids is 1. The number of rotatable bonds is 8. The molecule has 256 valence electrons. The lowest BCUT2D eigenvalue weighted by molar-refractivity contribution is -0.192. The van der Waals surface area contributed by atoms with Gasteiger partial charge in [0.25, 0.3) is 0 Å². The molecule has 1 saturated heterocycles. The number of hydrogen-bond donors (Lipinski definition) is 2. The fourth-order valence-electron chi connectivity index (χ4n) is 5.07. The quantitative estimate of drug-likeness (QED) is 0.235. The number of ether oxygens (including phenoxy) is 1. The van der Waals surface area contributed by atoms with Crippen LogP contribution in [0.1, 0.15) is 23.4 Å². The molecule has 3 aromatic heterocycles. The smallest absolute Gasteiger partial charge is 0.475 e. The molecule has 1 aliphatic rings. The number of carboxylic acids is 1. The van der Waals surface area contributed by atoms with Crippen LogP contribution < -0.4 is 9.62 Å². The molecule has 0 atom stereocenters. The van der Waals surface area contributed by atoms with Crippen molar-refractivity contribution in [3.05, 3.63) is 89.9 Å². The standard InChI is InChI=1S/C31H30N6O4S.C2HF3O2/c1-42(39,40)35-29(38)15-8-22-6-9-24(10-7-22)30-27(14-13-25-12-11-23-4-2-3-5-26(23)33-25)34-31-28(16-17-32-37(30)31)36-18-20-41-21-19-36;3-2(4,5)1(6)7/h2-7,9-14,16-17H,8,15,18-21H2,1H3,(H,35,38);(H,6,7). The minimum atomic E-state index is -5.08. The number of hydrogen-bond acceptors (Lipinski definition) is 9. The highest BCUT2D eigenvalue weighted by molar-refractivity contribution is 7.89. The number of nitrogens with zero attached hydrogens (tertiary/aromatic N) is 5. The maximum absolute atomic E-state index is 12.0. The molecule has 0 aliphatic carbocycles. The zero-order valence-corrected chi connectivity index (χ0v) is 26.9. The lowest BCUT2D eigenvalue weighted by atomic mass is 10.0. The van der Waals surface area contributed by atoms with Crippen LogP contribution >= 0.6 is 0 Å². The third-order valence-electron chi connectivity index (χ3n) is 7.32. The number of fused-ring (bicyclic) bond motifs is 2. The van der Waals surface area contributed by atoms with Gasteiger partial charge in [-0.2, -0.15) is 18.3 Å². The molecule has 2 aromatic carbocycles. The number of para-hydroxylation sites is 1. The molecule has 0 spiro atoms. The highest BCUT2D eigenvalue weighted by Gasteiger charge is 2.38. The summed E-state index contributed by atoms with van der Waals surface area (Å²) in [5, 5.41) is 12.9. The van der Waals surface area contributed by atoms with E-state index in [-0.39, 0.29) is 6.42 Å². The number of alkyl halides is 3. The molecule has 1 fully saturated rings. The second-order valence-corrected chi connectivity index (χ2v) is 12.7. The van der Waals surface area contributed by atoms with E-state index in [1.54, 1.807) is 6.20 Å². The fraction of sp³-hybridized carbons (Fsp3) is 0.242. The maximum Gasteiger partial charge on any atom is 0.490 e. The molecule has 49 heavy (non-hydrogen) atoms. The first-order chi connectivity index (χ1) is 23.3. The third kappa shape index (κ3) is 9.17. The largest absolute Gasteiger partial charge is 0.490 e. The van der Waals surface area contributed by atoms with Crippen LogP contribution in [0.25, 0.3) is 40.0 Å².